The molecule has 2 fully saturated rings. The van der Waals surface area contributed by atoms with E-state index in [-0.39, 0.29) is 12.0 Å². The molecule has 1 saturated carbocycles. The lowest BCUT2D eigenvalue weighted by Gasteiger charge is -2.26. The second kappa shape index (κ2) is 8.96. The van der Waals surface area contributed by atoms with Gasteiger partial charge in [0.15, 0.2) is 6.10 Å². The van der Waals surface area contributed by atoms with Crippen molar-refractivity contribution in [3.05, 3.63) is 35.9 Å². The van der Waals surface area contributed by atoms with Gasteiger partial charge in [-0.2, -0.15) is 0 Å². The number of amides is 3. The average Bonchev–Trinajstić information content (AvgIpc) is 3.11. The number of hydrogen-bond acceptors (Lipinski definition) is 6. The fraction of sp³-hybridized carbons (Fsp3) is 0.526. The lowest BCUT2D eigenvalue weighted by molar-refractivity contribution is -0.157. The zero-order valence-corrected chi connectivity index (χ0v) is 15.4. The Hall–Kier alpha value is -2.45. The minimum Gasteiger partial charge on any atom is -0.451 e. The van der Waals surface area contributed by atoms with Crippen molar-refractivity contribution >= 4 is 17.9 Å². The van der Waals surface area contributed by atoms with Gasteiger partial charge in [0.25, 0.3) is 5.91 Å². The molecule has 1 aliphatic heterocycles. The van der Waals surface area contributed by atoms with Crippen LogP contribution in [0, 0.1) is 5.92 Å². The highest BCUT2D eigenvalue weighted by molar-refractivity contribution is 5.97. The van der Waals surface area contributed by atoms with Gasteiger partial charge < -0.3 is 10.1 Å². The van der Waals surface area contributed by atoms with Crippen LogP contribution >= 0.6 is 0 Å². The lowest BCUT2D eigenvalue weighted by atomic mass is 9.82. The van der Waals surface area contributed by atoms with Gasteiger partial charge in [-0.15, -0.1) is 0 Å². The molecule has 1 aromatic carbocycles. The van der Waals surface area contributed by atoms with Crippen LogP contribution < -0.4 is 21.5 Å². The number of hydrazine groups is 1. The predicted octanol–water partition coefficient (Wildman–Crippen LogP) is 0.979. The van der Waals surface area contributed by atoms with Crippen molar-refractivity contribution in [1.82, 2.24) is 21.5 Å². The molecule has 1 heterocycles. The van der Waals surface area contributed by atoms with Crippen LogP contribution in [-0.2, 0) is 20.9 Å². The van der Waals surface area contributed by atoms with Gasteiger partial charge in [-0.05, 0) is 25.3 Å². The summed E-state index contributed by atoms with van der Waals surface area (Å²) in [6.45, 7) is 1.76. The SMILES string of the molecule is CC(OC(=O)C1NNC2CCCCC21)C(=O)NC(=O)NCc1ccccc1. The van der Waals surface area contributed by atoms with E-state index in [9.17, 15) is 14.4 Å². The molecule has 2 aliphatic rings. The zero-order valence-electron chi connectivity index (χ0n) is 15.4. The molecule has 0 spiro atoms. The maximum Gasteiger partial charge on any atom is 0.325 e. The summed E-state index contributed by atoms with van der Waals surface area (Å²) in [4.78, 5) is 36.4. The van der Waals surface area contributed by atoms with E-state index in [1.165, 1.54) is 6.92 Å². The van der Waals surface area contributed by atoms with E-state index in [1.54, 1.807) is 0 Å². The number of imide groups is 1. The van der Waals surface area contributed by atoms with E-state index in [1.807, 2.05) is 30.3 Å². The van der Waals surface area contributed by atoms with Gasteiger partial charge in [0.1, 0.15) is 6.04 Å². The second-order valence-corrected chi connectivity index (χ2v) is 7.06. The summed E-state index contributed by atoms with van der Waals surface area (Å²) in [7, 11) is 0. The standard InChI is InChI=1S/C19H26N4O4/c1-12(17(24)21-19(26)20-11-13-7-3-2-4-8-13)27-18(25)16-14-9-5-6-10-15(14)22-23-16/h2-4,7-8,12,14-16,22-23H,5-6,9-11H2,1H3,(H2,20,21,24,26). The van der Waals surface area contributed by atoms with E-state index in [0.717, 1.165) is 31.2 Å². The number of rotatable bonds is 5. The van der Waals surface area contributed by atoms with Crippen molar-refractivity contribution in [2.75, 3.05) is 0 Å². The van der Waals surface area contributed by atoms with Gasteiger partial charge in [-0.1, -0.05) is 43.2 Å². The summed E-state index contributed by atoms with van der Waals surface area (Å²) in [5, 5.41) is 4.80. The smallest absolute Gasteiger partial charge is 0.325 e. The number of urea groups is 1. The molecule has 0 bridgehead atoms. The molecule has 0 aromatic heterocycles. The predicted molar refractivity (Wildman–Crippen MR) is 98.2 cm³/mol. The maximum atomic E-state index is 12.4. The van der Waals surface area contributed by atoms with Crippen LogP contribution in [0.25, 0.3) is 0 Å². The number of carbonyl (C=O) groups excluding carboxylic acids is 3. The number of hydrogen-bond donors (Lipinski definition) is 4. The first-order valence-corrected chi connectivity index (χ1v) is 9.39. The van der Waals surface area contributed by atoms with Crippen LogP contribution in [0.1, 0.15) is 38.2 Å². The number of benzene rings is 1. The molecule has 4 atom stereocenters. The summed E-state index contributed by atoms with van der Waals surface area (Å²) >= 11 is 0. The van der Waals surface area contributed by atoms with E-state index >= 15 is 0 Å². The van der Waals surface area contributed by atoms with Crippen molar-refractivity contribution in [1.29, 1.82) is 0 Å². The summed E-state index contributed by atoms with van der Waals surface area (Å²) in [6.07, 6.45) is 3.16. The Bertz CT molecular complexity index is 682. The highest BCUT2D eigenvalue weighted by Gasteiger charge is 2.42. The molecule has 1 aliphatic carbocycles. The molecule has 1 saturated heterocycles. The first-order chi connectivity index (χ1) is 13.0. The normalized spacial score (nSPS) is 25.1. The number of ether oxygens (including phenoxy) is 1. The monoisotopic (exact) mass is 374 g/mol. The molecule has 4 N–H and O–H groups in total. The number of carbonyl (C=O) groups is 3. The third kappa shape index (κ3) is 5.05. The summed E-state index contributed by atoms with van der Waals surface area (Å²) in [5.74, 6) is -0.944. The van der Waals surface area contributed by atoms with Gasteiger partial charge in [-0.25, -0.2) is 10.2 Å². The van der Waals surface area contributed by atoms with Crippen LogP contribution in [0.3, 0.4) is 0 Å². The van der Waals surface area contributed by atoms with Crippen molar-refractivity contribution in [3.63, 3.8) is 0 Å². The Morgan fingerprint density at radius 2 is 1.89 bits per heavy atom. The largest absolute Gasteiger partial charge is 0.451 e. The fourth-order valence-electron chi connectivity index (χ4n) is 3.61. The Morgan fingerprint density at radius 3 is 2.67 bits per heavy atom. The quantitative estimate of drug-likeness (QED) is 0.572. The minimum atomic E-state index is -1.05. The van der Waals surface area contributed by atoms with Gasteiger partial charge in [0.05, 0.1) is 0 Å². The van der Waals surface area contributed by atoms with Crippen molar-refractivity contribution in [2.24, 2.45) is 5.92 Å². The van der Waals surface area contributed by atoms with Gasteiger partial charge >= 0.3 is 12.0 Å². The molecule has 3 rings (SSSR count). The van der Waals surface area contributed by atoms with Gasteiger partial charge in [-0.3, -0.25) is 20.3 Å². The Balaban J connectivity index is 1.43. The van der Waals surface area contributed by atoms with Crippen molar-refractivity contribution < 1.29 is 19.1 Å². The molecule has 146 valence electrons. The molecule has 4 unspecified atom stereocenters. The third-order valence-corrected chi connectivity index (χ3v) is 5.12. The van der Waals surface area contributed by atoms with Crippen LogP contribution in [0.15, 0.2) is 30.3 Å². The Morgan fingerprint density at radius 1 is 1.15 bits per heavy atom. The highest BCUT2D eigenvalue weighted by atomic mass is 16.5. The van der Waals surface area contributed by atoms with E-state index < -0.39 is 30.1 Å². The van der Waals surface area contributed by atoms with Crippen LogP contribution in [0.5, 0.6) is 0 Å². The summed E-state index contributed by atoms with van der Waals surface area (Å²) in [5.41, 5.74) is 7.05. The molecule has 3 amide bonds. The van der Waals surface area contributed by atoms with Gasteiger partial charge in [0.2, 0.25) is 0 Å². The lowest BCUT2D eigenvalue weighted by Crippen LogP contribution is -2.47. The molecule has 0 radical (unpaired) electrons. The van der Waals surface area contributed by atoms with Crippen LogP contribution in [0.4, 0.5) is 4.79 Å². The van der Waals surface area contributed by atoms with E-state index in [4.69, 9.17) is 4.74 Å². The number of nitrogens with one attached hydrogen (secondary N) is 4. The Labute approximate surface area is 158 Å². The average molecular weight is 374 g/mol. The minimum absolute atomic E-state index is 0.177. The zero-order chi connectivity index (χ0) is 19.2. The number of fused-ring (bicyclic) bond motifs is 1. The first-order valence-electron chi connectivity index (χ1n) is 9.39. The fourth-order valence-corrected chi connectivity index (χ4v) is 3.61. The molecule has 1 aromatic rings. The van der Waals surface area contributed by atoms with E-state index in [0.29, 0.717) is 6.54 Å². The van der Waals surface area contributed by atoms with E-state index in [2.05, 4.69) is 21.5 Å². The molecular weight excluding hydrogens is 348 g/mol. The highest BCUT2D eigenvalue weighted by Crippen LogP contribution is 2.30. The second-order valence-electron chi connectivity index (χ2n) is 7.06. The Kier molecular flexibility index (Phi) is 6.41. The van der Waals surface area contributed by atoms with Crippen molar-refractivity contribution in [3.8, 4) is 0 Å². The molecular formula is C19H26N4O4. The first kappa shape index (κ1) is 19.3. The summed E-state index contributed by atoms with van der Waals surface area (Å²) in [6, 6.07) is 8.53. The maximum absolute atomic E-state index is 12.4. The van der Waals surface area contributed by atoms with Crippen LogP contribution in [0.2, 0.25) is 0 Å². The topological polar surface area (TPSA) is 109 Å². The van der Waals surface area contributed by atoms with Gasteiger partial charge in [0, 0.05) is 18.5 Å². The van der Waals surface area contributed by atoms with Crippen LogP contribution in [-0.4, -0.2) is 36.1 Å². The molecule has 8 heteroatoms. The third-order valence-electron chi connectivity index (χ3n) is 5.12. The number of esters is 1. The molecule has 27 heavy (non-hydrogen) atoms. The van der Waals surface area contributed by atoms with Crippen molar-refractivity contribution in [2.45, 2.75) is 57.3 Å². The summed E-state index contributed by atoms with van der Waals surface area (Å²) < 4.78 is 5.28. The molecule has 8 nitrogen and oxygen atoms in total.